The molecule has 4 saturated carbocycles. The first-order chi connectivity index (χ1) is 9.44. The maximum absolute atomic E-state index is 2.80. The van der Waals surface area contributed by atoms with Crippen molar-refractivity contribution in [2.24, 2.45) is 17.8 Å². The minimum Gasteiger partial charge on any atom is -1.00 e. The maximum Gasteiger partial charge on any atom is 0.0969 e. The second kappa shape index (κ2) is 8.31. The van der Waals surface area contributed by atoms with Gasteiger partial charge in [-0.05, 0) is 56.3 Å². The summed E-state index contributed by atoms with van der Waals surface area (Å²) in [6.07, 6.45) is 13.7. The largest absolute Gasteiger partial charge is 1.00 e. The van der Waals surface area contributed by atoms with Gasteiger partial charge in [0.15, 0.2) is 0 Å². The van der Waals surface area contributed by atoms with E-state index >= 15 is 0 Å². The Morgan fingerprint density at radius 1 is 0.818 bits per heavy atom. The summed E-state index contributed by atoms with van der Waals surface area (Å²) in [6.45, 7) is 2.72. The quantitative estimate of drug-likeness (QED) is 0.312. The Morgan fingerprint density at radius 3 is 1.77 bits per heavy atom. The van der Waals surface area contributed by atoms with Crippen molar-refractivity contribution in [3.8, 4) is 0 Å². The number of nitrogens with two attached hydrogens (primary N) is 1. The number of hydrogen-bond donors (Lipinski definition) is 1. The highest BCUT2D eigenvalue weighted by atomic mass is 79.9. The van der Waals surface area contributed by atoms with Crippen molar-refractivity contribution in [3.63, 3.8) is 0 Å². The summed E-state index contributed by atoms with van der Waals surface area (Å²) >= 11 is 0. The van der Waals surface area contributed by atoms with Gasteiger partial charge in [0.05, 0.1) is 39.8 Å². The number of unbranched alkanes of at least 4 members (excludes halogenated alkanes) is 2. The highest BCUT2D eigenvalue weighted by molar-refractivity contribution is 5.01. The van der Waals surface area contributed by atoms with Crippen LogP contribution in [0.2, 0.25) is 0 Å². The molecule has 0 amide bonds. The van der Waals surface area contributed by atoms with E-state index < -0.39 is 0 Å². The summed E-state index contributed by atoms with van der Waals surface area (Å²) in [5.74, 6) is 3.32. The van der Waals surface area contributed by atoms with Gasteiger partial charge in [0, 0.05) is 19.3 Å². The molecule has 0 aliphatic heterocycles. The fourth-order valence-electron chi connectivity index (χ4n) is 5.74. The molecule has 4 aliphatic carbocycles. The fraction of sp³-hybridized carbons (Fsp3) is 1.00. The van der Waals surface area contributed by atoms with Gasteiger partial charge in [0.2, 0.25) is 0 Å². The molecule has 0 atom stereocenters. The molecular weight excluding hydrogens is 404 g/mol. The number of nitrogens with zero attached hydrogens (tertiary/aromatic N) is 1. The van der Waals surface area contributed by atoms with Crippen LogP contribution in [-0.4, -0.2) is 44.3 Å². The highest BCUT2D eigenvalue weighted by Gasteiger charge is 2.53. The number of rotatable bonds is 7. The summed E-state index contributed by atoms with van der Waals surface area (Å²) in [5.41, 5.74) is 0.703. The van der Waals surface area contributed by atoms with Crippen LogP contribution in [0.1, 0.15) is 57.8 Å². The van der Waals surface area contributed by atoms with Crippen LogP contribution in [-0.2, 0) is 0 Å². The van der Waals surface area contributed by atoms with E-state index in [1.54, 1.807) is 38.5 Å². The van der Waals surface area contributed by atoms with Crippen LogP contribution in [0.25, 0.3) is 0 Å². The zero-order chi connectivity index (χ0) is 14.2. The van der Waals surface area contributed by atoms with Crippen LogP contribution in [0.3, 0.4) is 0 Å². The van der Waals surface area contributed by atoms with E-state index in [9.17, 15) is 0 Å². The molecule has 0 spiro atoms. The van der Waals surface area contributed by atoms with E-state index in [-0.39, 0.29) is 34.0 Å². The Kier molecular flexibility index (Phi) is 7.90. The molecule has 0 aromatic heterocycles. The van der Waals surface area contributed by atoms with Crippen molar-refractivity contribution in [3.05, 3.63) is 0 Å². The number of quaternary nitrogens is 2. The lowest BCUT2D eigenvalue weighted by Gasteiger charge is -2.54. The Balaban J connectivity index is 0.00000121. The Bertz CT molecular complexity index is 303. The van der Waals surface area contributed by atoms with Crippen molar-refractivity contribution in [1.82, 2.24) is 0 Å². The van der Waals surface area contributed by atoms with Gasteiger partial charge in [-0.3, -0.25) is 0 Å². The maximum atomic E-state index is 2.80. The zero-order valence-corrected chi connectivity index (χ0v) is 18.0. The van der Waals surface area contributed by atoms with E-state index in [1.165, 1.54) is 32.4 Å². The molecule has 2 nitrogen and oxygen atoms in total. The monoisotopic (exact) mass is 438 g/mol. The van der Waals surface area contributed by atoms with E-state index in [2.05, 4.69) is 26.5 Å². The summed E-state index contributed by atoms with van der Waals surface area (Å²) < 4.78 is 1.12. The van der Waals surface area contributed by atoms with Gasteiger partial charge >= 0.3 is 0 Å². The Labute approximate surface area is 158 Å². The molecule has 0 saturated heterocycles. The molecule has 0 aromatic carbocycles. The van der Waals surface area contributed by atoms with Gasteiger partial charge in [0.1, 0.15) is 0 Å². The summed E-state index contributed by atoms with van der Waals surface area (Å²) in [5, 5.41) is 2.80. The van der Waals surface area contributed by atoms with Crippen molar-refractivity contribution in [2.45, 2.75) is 63.3 Å². The minimum absolute atomic E-state index is 0. The van der Waals surface area contributed by atoms with Crippen molar-refractivity contribution >= 4 is 0 Å². The third-order valence-electron chi connectivity index (χ3n) is 6.20. The first kappa shape index (κ1) is 20.9. The molecule has 0 heterocycles. The number of halogens is 2. The van der Waals surface area contributed by atoms with Crippen molar-refractivity contribution in [2.75, 3.05) is 34.2 Å². The molecule has 2 N–H and O–H groups in total. The van der Waals surface area contributed by atoms with E-state index in [1.807, 2.05) is 0 Å². The molecule has 4 heteroatoms. The molecule has 132 valence electrons. The van der Waals surface area contributed by atoms with Gasteiger partial charge in [-0.15, -0.1) is 0 Å². The third kappa shape index (κ3) is 5.46. The smallest absolute Gasteiger partial charge is 0.0969 e. The molecule has 22 heavy (non-hydrogen) atoms. The van der Waals surface area contributed by atoms with E-state index in [0.29, 0.717) is 5.54 Å². The summed E-state index contributed by atoms with van der Waals surface area (Å²) in [6, 6.07) is 0. The van der Waals surface area contributed by atoms with E-state index in [0.717, 1.165) is 22.2 Å². The van der Waals surface area contributed by atoms with Crippen molar-refractivity contribution in [1.29, 1.82) is 0 Å². The number of hydrogen-bond acceptors (Lipinski definition) is 0. The Morgan fingerprint density at radius 2 is 1.32 bits per heavy atom. The second-order valence-corrected chi connectivity index (χ2v) is 9.35. The van der Waals surface area contributed by atoms with Gasteiger partial charge in [-0.25, -0.2) is 0 Å². The average Bonchev–Trinajstić information content (AvgIpc) is 2.30. The molecule has 4 bridgehead atoms. The lowest BCUT2D eigenvalue weighted by Crippen LogP contribution is -3.00. The average molecular weight is 440 g/mol. The topological polar surface area (TPSA) is 16.6 Å². The zero-order valence-electron chi connectivity index (χ0n) is 14.8. The molecule has 0 radical (unpaired) electrons. The van der Waals surface area contributed by atoms with Gasteiger partial charge in [0.25, 0.3) is 0 Å². The standard InChI is InChI=1S/C18H35N2.2BrH/c1-20(2,3)8-6-4-5-7-19-18-12-15-9-16(13-18)11-17(10-15)14-18;;/h15-17,19H,4-14H2,1-3H3;2*1H/q+1;;/p-1. The van der Waals surface area contributed by atoms with Crippen LogP contribution >= 0.6 is 0 Å². The fourth-order valence-corrected chi connectivity index (χ4v) is 5.74. The Hall–Kier alpha value is 0.880. The van der Waals surface area contributed by atoms with Gasteiger partial charge in [-0.2, -0.15) is 0 Å². The first-order valence-corrected chi connectivity index (χ1v) is 9.09. The molecular formula is C18H36Br2N2. The SMILES string of the molecule is C[N+](C)(C)CCCCC[NH2+]C12CC3CC(CC(C3)C1)C2.[Br-].[Br-]. The van der Waals surface area contributed by atoms with Crippen LogP contribution in [0.15, 0.2) is 0 Å². The second-order valence-electron chi connectivity index (χ2n) is 9.35. The molecule has 4 rings (SSSR count). The first-order valence-electron chi connectivity index (χ1n) is 9.09. The molecule has 0 unspecified atom stereocenters. The van der Waals surface area contributed by atoms with Crippen LogP contribution in [0.4, 0.5) is 0 Å². The highest BCUT2D eigenvalue weighted by Crippen LogP contribution is 2.54. The lowest BCUT2D eigenvalue weighted by molar-refractivity contribution is -0.870. The van der Waals surface area contributed by atoms with Crippen LogP contribution in [0.5, 0.6) is 0 Å². The molecule has 0 aromatic rings. The van der Waals surface area contributed by atoms with Crippen molar-refractivity contribution < 1.29 is 43.8 Å². The molecule has 4 aliphatic rings. The predicted octanol–water partition coefficient (Wildman–Crippen LogP) is -3.60. The van der Waals surface area contributed by atoms with Crippen LogP contribution in [0, 0.1) is 17.8 Å². The summed E-state index contributed by atoms with van der Waals surface area (Å²) in [4.78, 5) is 0. The lowest BCUT2D eigenvalue weighted by atomic mass is 9.53. The van der Waals surface area contributed by atoms with Gasteiger partial charge in [-0.1, -0.05) is 0 Å². The predicted molar refractivity (Wildman–Crippen MR) is 84.4 cm³/mol. The third-order valence-corrected chi connectivity index (χ3v) is 6.20. The normalized spacial score (nSPS) is 35.9. The minimum atomic E-state index is 0. The van der Waals surface area contributed by atoms with Gasteiger partial charge < -0.3 is 43.8 Å². The van der Waals surface area contributed by atoms with Crippen LogP contribution < -0.4 is 39.3 Å². The van der Waals surface area contributed by atoms with E-state index in [4.69, 9.17) is 0 Å². The molecule has 4 fully saturated rings. The summed E-state index contributed by atoms with van der Waals surface area (Å²) in [7, 11) is 6.92.